The van der Waals surface area contributed by atoms with Crippen LogP contribution in [0.25, 0.3) is 20.7 Å². The maximum atomic E-state index is 13.4. The summed E-state index contributed by atoms with van der Waals surface area (Å²) in [6, 6.07) is 21.8. The van der Waals surface area contributed by atoms with Crippen molar-refractivity contribution in [1.82, 2.24) is 14.9 Å². The standard InChI is InChI=1S/C26H23N3O2S2/c1-2-15-29-25(31)20-16-21(17-9-5-3-6-10-17)32-24(20)28-26(29)33-22(18-11-7-4-8-12-18)23(30)27-19-13-14-19/h2-12,16,19,22H,1,13-15H2,(H,27,30). The third-order valence-electron chi connectivity index (χ3n) is 5.47. The first-order chi connectivity index (χ1) is 16.1. The smallest absolute Gasteiger partial charge is 0.263 e. The molecule has 1 amide bonds. The van der Waals surface area contributed by atoms with Gasteiger partial charge in [0.25, 0.3) is 5.56 Å². The fourth-order valence-corrected chi connectivity index (χ4v) is 5.83. The van der Waals surface area contributed by atoms with Crippen LogP contribution < -0.4 is 10.9 Å². The number of hydrogen-bond acceptors (Lipinski definition) is 5. The second-order valence-electron chi connectivity index (χ2n) is 7.99. The van der Waals surface area contributed by atoms with E-state index in [4.69, 9.17) is 4.98 Å². The molecule has 2 aromatic heterocycles. The molecule has 1 aliphatic rings. The van der Waals surface area contributed by atoms with E-state index in [9.17, 15) is 9.59 Å². The quantitative estimate of drug-likeness (QED) is 0.211. The lowest BCUT2D eigenvalue weighted by Crippen LogP contribution is -2.30. The van der Waals surface area contributed by atoms with Gasteiger partial charge in [0.05, 0.1) is 5.39 Å². The summed E-state index contributed by atoms with van der Waals surface area (Å²) in [5.41, 5.74) is 1.82. The Morgan fingerprint density at radius 2 is 1.88 bits per heavy atom. The molecule has 0 aliphatic heterocycles. The van der Waals surface area contributed by atoms with Gasteiger partial charge in [-0.15, -0.1) is 17.9 Å². The summed E-state index contributed by atoms with van der Waals surface area (Å²) in [4.78, 5) is 33.1. The number of nitrogens with one attached hydrogen (secondary N) is 1. The summed E-state index contributed by atoms with van der Waals surface area (Å²) in [7, 11) is 0. The van der Waals surface area contributed by atoms with Crippen LogP contribution in [0.5, 0.6) is 0 Å². The molecule has 166 valence electrons. The van der Waals surface area contributed by atoms with Gasteiger partial charge in [-0.25, -0.2) is 4.98 Å². The zero-order chi connectivity index (χ0) is 22.8. The second-order valence-corrected chi connectivity index (χ2v) is 10.1. The summed E-state index contributed by atoms with van der Waals surface area (Å²) in [6.45, 7) is 4.14. The number of benzene rings is 2. The Morgan fingerprint density at radius 3 is 2.55 bits per heavy atom. The second kappa shape index (κ2) is 9.37. The van der Waals surface area contributed by atoms with E-state index in [2.05, 4.69) is 11.9 Å². The average Bonchev–Trinajstić information content (AvgIpc) is 3.55. The van der Waals surface area contributed by atoms with E-state index in [1.54, 1.807) is 10.6 Å². The number of amides is 1. The predicted octanol–water partition coefficient (Wildman–Crippen LogP) is 5.42. The number of fused-ring (bicyclic) bond motifs is 1. The van der Waals surface area contributed by atoms with Crippen molar-refractivity contribution >= 4 is 39.2 Å². The van der Waals surface area contributed by atoms with Gasteiger partial charge in [0.2, 0.25) is 5.91 Å². The average molecular weight is 474 g/mol. The highest BCUT2D eigenvalue weighted by Gasteiger charge is 2.30. The molecule has 1 aliphatic carbocycles. The van der Waals surface area contributed by atoms with E-state index < -0.39 is 5.25 Å². The number of thiophene rings is 1. The van der Waals surface area contributed by atoms with Gasteiger partial charge in [-0.3, -0.25) is 14.2 Å². The third kappa shape index (κ3) is 4.65. The van der Waals surface area contributed by atoms with Crippen LogP contribution in [0.2, 0.25) is 0 Å². The molecule has 0 bridgehead atoms. The topological polar surface area (TPSA) is 64.0 Å². The Balaban J connectivity index is 1.58. The van der Waals surface area contributed by atoms with Crippen LogP contribution in [0.15, 0.2) is 89.3 Å². The first-order valence-corrected chi connectivity index (χ1v) is 12.6. The van der Waals surface area contributed by atoms with Crippen LogP contribution in [0.4, 0.5) is 0 Å². The molecule has 5 rings (SSSR count). The number of carbonyl (C=O) groups is 1. The van der Waals surface area contributed by atoms with Crippen molar-refractivity contribution in [1.29, 1.82) is 0 Å². The molecule has 1 fully saturated rings. The fourth-order valence-electron chi connectivity index (χ4n) is 3.63. The zero-order valence-electron chi connectivity index (χ0n) is 17.9. The molecule has 2 heterocycles. The molecule has 0 radical (unpaired) electrons. The zero-order valence-corrected chi connectivity index (χ0v) is 19.6. The van der Waals surface area contributed by atoms with Gasteiger partial charge < -0.3 is 5.32 Å². The van der Waals surface area contributed by atoms with Gasteiger partial charge in [-0.1, -0.05) is 78.5 Å². The highest BCUT2D eigenvalue weighted by atomic mass is 32.2. The number of carbonyl (C=O) groups excluding carboxylic acids is 1. The maximum absolute atomic E-state index is 13.4. The Kier molecular flexibility index (Phi) is 6.15. The van der Waals surface area contributed by atoms with Gasteiger partial charge in [0.1, 0.15) is 10.1 Å². The van der Waals surface area contributed by atoms with Gasteiger partial charge in [0, 0.05) is 17.5 Å². The largest absolute Gasteiger partial charge is 0.352 e. The third-order valence-corrected chi connectivity index (χ3v) is 7.80. The van der Waals surface area contributed by atoms with Crippen molar-refractivity contribution in [2.75, 3.05) is 0 Å². The van der Waals surface area contributed by atoms with Crippen molar-refractivity contribution in [2.45, 2.75) is 35.8 Å². The molecule has 1 atom stereocenters. The van der Waals surface area contributed by atoms with Gasteiger partial charge >= 0.3 is 0 Å². The number of allylic oxidation sites excluding steroid dienone is 1. The Morgan fingerprint density at radius 1 is 1.18 bits per heavy atom. The number of rotatable bonds is 8. The molecule has 1 unspecified atom stereocenters. The fraction of sp³-hybridized carbons (Fsp3) is 0.192. The normalized spacial score (nSPS) is 14.2. The lowest BCUT2D eigenvalue weighted by Gasteiger charge is -2.18. The summed E-state index contributed by atoms with van der Waals surface area (Å²) < 4.78 is 1.61. The van der Waals surface area contributed by atoms with Gasteiger partial charge in [-0.2, -0.15) is 0 Å². The minimum absolute atomic E-state index is 0.0515. The van der Waals surface area contributed by atoms with Crippen LogP contribution in [-0.2, 0) is 11.3 Å². The number of aromatic nitrogens is 2. The predicted molar refractivity (Wildman–Crippen MR) is 136 cm³/mol. The lowest BCUT2D eigenvalue weighted by atomic mass is 10.1. The molecular formula is C26H23N3O2S2. The molecule has 1 saturated carbocycles. The molecular weight excluding hydrogens is 450 g/mol. The summed E-state index contributed by atoms with van der Waals surface area (Å²) in [5, 5.41) is 3.72. The molecule has 2 aromatic carbocycles. The van der Waals surface area contributed by atoms with E-state index >= 15 is 0 Å². The highest BCUT2D eigenvalue weighted by molar-refractivity contribution is 8.00. The maximum Gasteiger partial charge on any atom is 0.263 e. The van der Waals surface area contributed by atoms with Crippen molar-refractivity contribution < 1.29 is 4.79 Å². The molecule has 0 spiro atoms. The van der Waals surface area contributed by atoms with E-state index in [1.165, 1.54) is 23.1 Å². The van der Waals surface area contributed by atoms with Crippen LogP contribution in [-0.4, -0.2) is 21.5 Å². The van der Waals surface area contributed by atoms with Crippen molar-refractivity contribution in [2.24, 2.45) is 0 Å². The summed E-state index contributed by atoms with van der Waals surface area (Å²) in [6.07, 6.45) is 3.72. The molecule has 33 heavy (non-hydrogen) atoms. The van der Waals surface area contributed by atoms with Crippen LogP contribution in [0.3, 0.4) is 0 Å². The first kappa shape index (κ1) is 21.7. The number of thioether (sulfide) groups is 1. The van der Waals surface area contributed by atoms with Crippen molar-refractivity contribution in [3.63, 3.8) is 0 Å². The number of nitrogens with zero attached hydrogens (tertiary/aromatic N) is 2. The SMILES string of the molecule is C=CCn1c(SC(C(=O)NC2CC2)c2ccccc2)nc2sc(-c3ccccc3)cc2c1=O. The minimum Gasteiger partial charge on any atom is -0.352 e. The molecule has 5 nitrogen and oxygen atoms in total. The van der Waals surface area contributed by atoms with Crippen LogP contribution in [0.1, 0.15) is 23.7 Å². The first-order valence-electron chi connectivity index (χ1n) is 10.9. The minimum atomic E-state index is -0.499. The van der Waals surface area contributed by atoms with Gasteiger partial charge in [0.15, 0.2) is 5.16 Å². The Hall–Kier alpha value is -3.16. The Labute approximate surface area is 200 Å². The molecule has 0 saturated heterocycles. The summed E-state index contributed by atoms with van der Waals surface area (Å²) >= 11 is 2.81. The Bertz CT molecular complexity index is 1360. The van der Waals surface area contributed by atoms with Crippen molar-refractivity contribution in [3.05, 3.63) is 95.3 Å². The molecule has 4 aromatic rings. The van der Waals surface area contributed by atoms with Crippen LogP contribution >= 0.6 is 23.1 Å². The van der Waals surface area contributed by atoms with E-state index in [0.29, 0.717) is 21.9 Å². The lowest BCUT2D eigenvalue weighted by molar-refractivity contribution is -0.120. The molecule has 1 N–H and O–H groups in total. The monoisotopic (exact) mass is 473 g/mol. The van der Waals surface area contributed by atoms with E-state index in [0.717, 1.165) is 28.8 Å². The van der Waals surface area contributed by atoms with E-state index in [-0.39, 0.29) is 17.5 Å². The summed E-state index contributed by atoms with van der Waals surface area (Å²) in [5.74, 6) is -0.0515. The van der Waals surface area contributed by atoms with E-state index in [1.807, 2.05) is 66.7 Å². The van der Waals surface area contributed by atoms with Gasteiger partial charge in [-0.05, 0) is 30.0 Å². The van der Waals surface area contributed by atoms with Crippen molar-refractivity contribution in [3.8, 4) is 10.4 Å². The highest BCUT2D eigenvalue weighted by Crippen LogP contribution is 2.37. The van der Waals surface area contributed by atoms with Crippen LogP contribution in [0, 0.1) is 0 Å². The molecule has 7 heteroatoms. The number of hydrogen-bond donors (Lipinski definition) is 1.